The predicted molar refractivity (Wildman–Crippen MR) is 140 cm³/mol. The number of amidine groups is 1. The number of aliphatic imine (C=N–C) groups is 1. The highest BCUT2D eigenvalue weighted by Gasteiger charge is 2.65. The van der Waals surface area contributed by atoms with Crippen LogP contribution in [0.25, 0.3) is 0 Å². The second-order valence-corrected chi connectivity index (χ2v) is 10.6. The van der Waals surface area contributed by atoms with Gasteiger partial charge in [-0.2, -0.15) is 0 Å². The van der Waals surface area contributed by atoms with Crippen molar-refractivity contribution < 1.29 is 28.3 Å². The summed E-state index contributed by atoms with van der Waals surface area (Å²) in [4.78, 5) is 48.5. The third-order valence-corrected chi connectivity index (χ3v) is 8.05. The molecule has 1 aromatic carbocycles. The van der Waals surface area contributed by atoms with Gasteiger partial charge in [0.25, 0.3) is 5.91 Å². The van der Waals surface area contributed by atoms with E-state index in [1.807, 2.05) is 31.0 Å². The van der Waals surface area contributed by atoms with Gasteiger partial charge in [-0.3, -0.25) is 9.69 Å². The number of likely N-dealkylation sites (N-methyl/N-ethyl adjacent to an activating group) is 1. The monoisotopic (exact) mass is 603 g/mol. The first-order chi connectivity index (χ1) is 17.1. The van der Waals surface area contributed by atoms with Crippen LogP contribution in [0.3, 0.4) is 0 Å². The molecular formula is C26H26IN3O6. The first-order valence-corrected chi connectivity index (χ1v) is 12.6. The van der Waals surface area contributed by atoms with Crippen LogP contribution in [-0.2, 0) is 24.5 Å². The van der Waals surface area contributed by atoms with Gasteiger partial charge in [-0.15, -0.1) is 0 Å². The van der Waals surface area contributed by atoms with E-state index < -0.39 is 23.4 Å². The SMILES string of the molecule is COC(=O)C1=C(C(=O)OC)C2N(C)c3ccc(I)cc3[C@@]23C[C@@H](C)N(C(=O)c2cc(C)oc2C)C3=N1. The van der Waals surface area contributed by atoms with Crippen molar-refractivity contribution in [1.29, 1.82) is 0 Å². The van der Waals surface area contributed by atoms with E-state index in [1.165, 1.54) is 14.2 Å². The molecule has 1 fully saturated rings. The Bertz CT molecular complexity index is 1390. The van der Waals surface area contributed by atoms with Crippen LogP contribution in [0.15, 0.2) is 44.9 Å². The van der Waals surface area contributed by atoms with Crippen LogP contribution in [0.5, 0.6) is 0 Å². The number of fused-ring (bicyclic) bond motifs is 1. The van der Waals surface area contributed by atoms with E-state index in [0.29, 0.717) is 29.3 Å². The molecule has 188 valence electrons. The fourth-order valence-corrected chi connectivity index (χ4v) is 6.55. The number of esters is 2. The number of ether oxygens (including phenoxy) is 2. The van der Waals surface area contributed by atoms with Gasteiger partial charge in [0.2, 0.25) is 0 Å². The number of nitrogens with zero attached hydrogens (tertiary/aromatic N) is 3. The predicted octanol–water partition coefficient (Wildman–Crippen LogP) is 3.50. The molecule has 5 rings (SSSR count). The first kappa shape index (κ1) is 24.5. The number of halogens is 1. The van der Waals surface area contributed by atoms with Gasteiger partial charge in [0, 0.05) is 22.3 Å². The van der Waals surface area contributed by atoms with Crippen LogP contribution in [0.2, 0.25) is 0 Å². The number of rotatable bonds is 3. The highest BCUT2D eigenvalue weighted by Crippen LogP contribution is 2.57. The maximum Gasteiger partial charge on any atom is 0.357 e. The average molecular weight is 603 g/mol. The molecule has 3 atom stereocenters. The molecule has 10 heteroatoms. The van der Waals surface area contributed by atoms with Crippen LogP contribution in [0.1, 0.15) is 40.8 Å². The second kappa shape index (κ2) is 8.46. The Hall–Kier alpha value is -3.15. The lowest BCUT2D eigenvalue weighted by Gasteiger charge is -2.39. The Labute approximate surface area is 222 Å². The van der Waals surface area contributed by atoms with Crippen molar-refractivity contribution in [1.82, 2.24) is 4.90 Å². The smallest absolute Gasteiger partial charge is 0.357 e. The van der Waals surface area contributed by atoms with Gasteiger partial charge >= 0.3 is 11.9 Å². The molecule has 1 saturated heterocycles. The number of carbonyl (C=O) groups is 3. The molecule has 1 unspecified atom stereocenters. The zero-order chi connectivity index (χ0) is 26.1. The molecule has 0 bridgehead atoms. The lowest BCUT2D eigenvalue weighted by atomic mass is 9.69. The van der Waals surface area contributed by atoms with E-state index in [4.69, 9.17) is 18.9 Å². The highest BCUT2D eigenvalue weighted by molar-refractivity contribution is 14.1. The minimum atomic E-state index is -0.853. The number of anilines is 1. The molecule has 1 spiro atoms. The Balaban J connectivity index is 1.82. The van der Waals surface area contributed by atoms with Crippen LogP contribution in [0, 0.1) is 17.4 Å². The van der Waals surface area contributed by atoms with Gasteiger partial charge in [-0.25, -0.2) is 14.6 Å². The normalized spacial score (nSPS) is 24.2. The molecule has 36 heavy (non-hydrogen) atoms. The van der Waals surface area contributed by atoms with Crippen molar-refractivity contribution in [3.63, 3.8) is 0 Å². The minimum Gasteiger partial charge on any atom is -0.466 e. The van der Waals surface area contributed by atoms with Gasteiger partial charge in [-0.1, -0.05) is 0 Å². The van der Waals surface area contributed by atoms with Crippen molar-refractivity contribution in [3.05, 3.63) is 61.8 Å². The van der Waals surface area contributed by atoms with Gasteiger partial charge in [0.15, 0.2) is 5.70 Å². The third kappa shape index (κ3) is 3.19. The summed E-state index contributed by atoms with van der Waals surface area (Å²) in [6.45, 7) is 5.49. The fourth-order valence-electron chi connectivity index (χ4n) is 6.06. The Morgan fingerprint density at radius 3 is 2.44 bits per heavy atom. The number of carbonyl (C=O) groups excluding carboxylic acids is 3. The summed E-state index contributed by atoms with van der Waals surface area (Å²) in [5.41, 5.74) is 1.41. The number of aryl methyl sites for hydroxylation is 2. The Morgan fingerprint density at radius 2 is 1.83 bits per heavy atom. The minimum absolute atomic E-state index is 0.124. The molecule has 0 radical (unpaired) electrons. The number of methoxy groups -OCH3 is 2. The lowest BCUT2D eigenvalue weighted by Crippen LogP contribution is -2.55. The Kier molecular flexibility index (Phi) is 5.77. The van der Waals surface area contributed by atoms with Crippen LogP contribution in [0.4, 0.5) is 5.69 Å². The van der Waals surface area contributed by atoms with Crippen molar-refractivity contribution in [2.24, 2.45) is 4.99 Å². The number of hydrogen-bond acceptors (Lipinski definition) is 8. The Morgan fingerprint density at radius 1 is 1.14 bits per heavy atom. The molecule has 9 nitrogen and oxygen atoms in total. The van der Waals surface area contributed by atoms with Gasteiger partial charge in [-0.05, 0) is 79.6 Å². The number of furan rings is 1. The third-order valence-electron chi connectivity index (χ3n) is 7.38. The molecule has 0 saturated carbocycles. The summed E-state index contributed by atoms with van der Waals surface area (Å²) in [7, 11) is 4.39. The van der Waals surface area contributed by atoms with E-state index in [-0.39, 0.29) is 23.2 Å². The van der Waals surface area contributed by atoms with E-state index in [9.17, 15) is 14.4 Å². The van der Waals surface area contributed by atoms with Gasteiger partial charge in [0.1, 0.15) is 17.4 Å². The molecule has 0 aliphatic carbocycles. The molecule has 1 aromatic heterocycles. The van der Waals surface area contributed by atoms with E-state index in [2.05, 4.69) is 28.7 Å². The molecule has 0 N–H and O–H groups in total. The van der Waals surface area contributed by atoms with Gasteiger partial charge in [0.05, 0.1) is 36.8 Å². The van der Waals surface area contributed by atoms with E-state index in [1.54, 1.807) is 24.8 Å². The quantitative estimate of drug-likeness (QED) is 0.391. The zero-order valence-corrected chi connectivity index (χ0v) is 23.0. The summed E-state index contributed by atoms with van der Waals surface area (Å²) >= 11 is 2.25. The summed E-state index contributed by atoms with van der Waals surface area (Å²) in [6.07, 6.45) is 0.504. The summed E-state index contributed by atoms with van der Waals surface area (Å²) in [6, 6.07) is 6.86. The lowest BCUT2D eigenvalue weighted by molar-refractivity contribution is -0.139. The van der Waals surface area contributed by atoms with Crippen molar-refractivity contribution in [2.75, 3.05) is 26.2 Å². The first-order valence-electron chi connectivity index (χ1n) is 11.5. The van der Waals surface area contributed by atoms with Crippen molar-refractivity contribution in [3.8, 4) is 0 Å². The molecule has 4 heterocycles. The molecule has 2 aromatic rings. The van der Waals surface area contributed by atoms with Crippen LogP contribution in [-0.4, -0.2) is 61.9 Å². The largest absolute Gasteiger partial charge is 0.466 e. The summed E-state index contributed by atoms with van der Waals surface area (Å²) in [5.74, 6) is -0.128. The average Bonchev–Trinajstić information content (AvgIpc) is 3.43. The van der Waals surface area contributed by atoms with Gasteiger partial charge < -0.3 is 18.8 Å². The second-order valence-electron chi connectivity index (χ2n) is 9.38. The van der Waals surface area contributed by atoms with Crippen LogP contribution >= 0.6 is 22.6 Å². The molecule has 3 aliphatic rings. The number of amides is 1. The summed E-state index contributed by atoms with van der Waals surface area (Å²) < 4.78 is 16.8. The number of benzene rings is 1. The topological polar surface area (TPSA) is 102 Å². The van der Waals surface area contributed by atoms with Crippen molar-refractivity contribution in [2.45, 2.75) is 44.7 Å². The van der Waals surface area contributed by atoms with E-state index in [0.717, 1.165) is 14.8 Å². The molecule has 1 amide bonds. The maximum atomic E-state index is 14.0. The molecule has 3 aliphatic heterocycles. The summed E-state index contributed by atoms with van der Waals surface area (Å²) in [5, 5.41) is 0. The van der Waals surface area contributed by atoms with Crippen molar-refractivity contribution >= 4 is 52.0 Å². The van der Waals surface area contributed by atoms with Crippen LogP contribution < -0.4 is 4.90 Å². The number of likely N-dealkylation sites (tertiary alicyclic amines) is 1. The van der Waals surface area contributed by atoms with E-state index >= 15 is 0 Å². The zero-order valence-electron chi connectivity index (χ0n) is 20.8. The fraction of sp³-hybridized carbons (Fsp3) is 0.385. The number of hydrogen-bond donors (Lipinski definition) is 0. The molecular weight excluding hydrogens is 577 g/mol. The standard InChI is InChI=1S/C26H26IN3O6/c1-12-11-26-17-10-15(27)7-8-18(17)29(4)21(26)19(23(32)34-5)20(24(33)35-6)28-25(26)30(12)22(31)16-9-13(2)36-14(16)3/h7-10,12,21H,11H2,1-6H3/t12-,21?,26+/m1/s1. The maximum absolute atomic E-state index is 14.0. The highest BCUT2D eigenvalue weighted by atomic mass is 127.